The van der Waals surface area contributed by atoms with E-state index in [0.717, 1.165) is 37.7 Å². The number of hydrogen-bond donors (Lipinski definition) is 1. The van der Waals surface area contributed by atoms with Crippen molar-refractivity contribution in [2.24, 2.45) is 0 Å². The quantitative estimate of drug-likeness (QED) is 0.318. The van der Waals surface area contributed by atoms with Crippen LogP contribution in [-0.4, -0.2) is 27.6 Å². The van der Waals surface area contributed by atoms with Gasteiger partial charge >= 0.3 is 0 Å². The van der Waals surface area contributed by atoms with Gasteiger partial charge in [-0.1, -0.05) is 66.4 Å². The lowest BCUT2D eigenvalue weighted by Gasteiger charge is -2.18. The number of thioether (sulfide) groups is 2. The topological polar surface area (TPSA) is 54.9 Å². The first-order valence-corrected chi connectivity index (χ1v) is 12.5. The number of amides is 1. The Morgan fingerprint density at radius 3 is 2.61 bits per heavy atom. The third-order valence-electron chi connectivity index (χ3n) is 3.77. The third-order valence-corrected chi connectivity index (χ3v) is 7.99. The molecule has 2 heterocycles. The van der Waals surface area contributed by atoms with Gasteiger partial charge in [-0.25, -0.2) is 4.39 Å². The first-order valence-electron chi connectivity index (χ1n) is 8.83. The Balaban J connectivity index is 1.58. The van der Waals surface area contributed by atoms with Crippen molar-refractivity contribution in [2.45, 2.75) is 34.5 Å². The lowest BCUT2D eigenvalue weighted by molar-refractivity contribution is -0.119. The first-order chi connectivity index (χ1) is 13.7. The summed E-state index contributed by atoms with van der Waals surface area (Å²) in [5.41, 5.74) is 0.854. The van der Waals surface area contributed by atoms with E-state index < -0.39 is 0 Å². The highest BCUT2D eigenvalue weighted by Gasteiger charge is 2.18. The van der Waals surface area contributed by atoms with Crippen molar-refractivity contribution in [2.75, 3.05) is 11.5 Å². The Bertz CT molecular complexity index is 868. The second kappa shape index (κ2) is 10.9. The first kappa shape index (κ1) is 21.3. The summed E-state index contributed by atoms with van der Waals surface area (Å²) in [4.78, 5) is 13.5. The highest BCUT2D eigenvalue weighted by atomic mass is 32.2. The van der Waals surface area contributed by atoms with Crippen LogP contribution in [0.25, 0.3) is 0 Å². The van der Waals surface area contributed by atoms with Crippen molar-refractivity contribution >= 4 is 52.1 Å². The standard InChI is InChI=1S/C19H20FN3OS4/c1-2-3-10-26-18-22-23-19(28-18)27-12-16(24)21-17(15-5-4-11-25-15)13-6-8-14(20)9-7-13/h4-9,11,17H,2-3,10,12H2,1H3,(H,21,24). The van der Waals surface area contributed by atoms with E-state index >= 15 is 0 Å². The van der Waals surface area contributed by atoms with Crippen LogP contribution in [0.5, 0.6) is 0 Å². The number of nitrogens with one attached hydrogen (secondary N) is 1. The maximum atomic E-state index is 13.3. The van der Waals surface area contributed by atoms with Gasteiger partial charge in [-0.15, -0.1) is 21.5 Å². The lowest BCUT2D eigenvalue weighted by Crippen LogP contribution is -2.30. The predicted octanol–water partition coefficient (Wildman–Crippen LogP) is 5.63. The van der Waals surface area contributed by atoms with Crippen molar-refractivity contribution in [3.05, 3.63) is 58.0 Å². The molecular formula is C19H20FN3OS4. The molecule has 0 saturated heterocycles. The van der Waals surface area contributed by atoms with Gasteiger partial charge in [0.1, 0.15) is 5.82 Å². The van der Waals surface area contributed by atoms with Gasteiger partial charge in [0, 0.05) is 10.6 Å². The van der Waals surface area contributed by atoms with Crippen LogP contribution in [0.1, 0.15) is 36.2 Å². The fourth-order valence-electron chi connectivity index (χ4n) is 2.38. The van der Waals surface area contributed by atoms with E-state index in [-0.39, 0.29) is 23.5 Å². The molecular weight excluding hydrogens is 433 g/mol. The normalized spacial score (nSPS) is 12.1. The molecule has 0 aliphatic heterocycles. The molecule has 4 nitrogen and oxygen atoms in total. The smallest absolute Gasteiger partial charge is 0.231 e. The van der Waals surface area contributed by atoms with Gasteiger partial charge in [0.2, 0.25) is 5.91 Å². The van der Waals surface area contributed by atoms with Gasteiger partial charge in [0.15, 0.2) is 8.68 Å². The van der Waals surface area contributed by atoms with Crippen LogP contribution in [-0.2, 0) is 4.79 Å². The molecule has 1 N–H and O–H groups in total. The molecule has 0 aliphatic rings. The van der Waals surface area contributed by atoms with Crippen molar-refractivity contribution in [3.63, 3.8) is 0 Å². The molecule has 1 amide bonds. The molecule has 2 aromatic heterocycles. The highest BCUT2D eigenvalue weighted by molar-refractivity contribution is 8.03. The van der Waals surface area contributed by atoms with Crippen molar-refractivity contribution in [1.82, 2.24) is 15.5 Å². The number of thiophene rings is 1. The van der Waals surface area contributed by atoms with Gasteiger partial charge in [0.05, 0.1) is 11.8 Å². The van der Waals surface area contributed by atoms with E-state index in [1.54, 1.807) is 35.2 Å². The maximum absolute atomic E-state index is 13.3. The van der Waals surface area contributed by atoms with Crippen molar-refractivity contribution < 1.29 is 9.18 Å². The SMILES string of the molecule is CCCCSc1nnc(SCC(=O)NC(c2ccc(F)cc2)c2cccs2)s1. The number of unbranched alkanes of at least 4 members (excludes halogenated alkanes) is 1. The highest BCUT2D eigenvalue weighted by Crippen LogP contribution is 2.30. The zero-order chi connectivity index (χ0) is 19.8. The Labute approximate surface area is 180 Å². The molecule has 1 aromatic carbocycles. The molecule has 3 rings (SSSR count). The molecule has 1 unspecified atom stereocenters. The van der Waals surface area contributed by atoms with Gasteiger partial charge < -0.3 is 5.32 Å². The molecule has 9 heteroatoms. The Morgan fingerprint density at radius 2 is 1.93 bits per heavy atom. The van der Waals surface area contributed by atoms with E-state index in [2.05, 4.69) is 22.4 Å². The molecule has 1 atom stereocenters. The fraction of sp³-hybridized carbons (Fsp3) is 0.316. The molecule has 0 spiro atoms. The summed E-state index contributed by atoms with van der Waals surface area (Å²) in [6.45, 7) is 2.16. The van der Waals surface area contributed by atoms with E-state index in [4.69, 9.17) is 0 Å². The van der Waals surface area contributed by atoms with Crippen molar-refractivity contribution in [1.29, 1.82) is 0 Å². The molecule has 0 aliphatic carbocycles. The minimum Gasteiger partial charge on any atom is -0.344 e. The third kappa shape index (κ3) is 6.30. The number of rotatable bonds is 10. The number of carbonyl (C=O) groups excluding carboxylic acids is 1. The zero-order valence-corrected chi connectivity index (χ0v) is 18.5. The Kier molecular flexibility index (Phi) is 8.32. The fourth-order valence-corrected chi connectivity index (χ4v) is 6.16. The summed E-state index contributed by atoms with van der Waals surface area (Å²) in [6.07, 6.45) is 2.32. The van der Waals surface area contributed by atoms with E-state index in [1.807, 2.05) is 17.5 Å². The van der Waals surface area contributed by atoms with Crippen LogP contribution in [0.2, 0.25) is 0 Å². The zero-order valence-electron chi connectivity index (χ0n) is 15.3. The molecule has 0 saturated carbocycles. The van der Waals surface area contributed by atoms with Gasteiger partial charge in [-0.3, -0.25) is 4.79 Å². The number of nitrogens with zero attached hydrogens (tertiary/aromatic N) is 2. The Hall–Kier alpha value is -1.42. The minimum atomic E-state index is -0.292. The minimum absolute atomic E-state index is 0.0943. The summed E-state index contributed by atoms with van der Waals surface area (Å²) >= 11 is 6.18. The number of aromatic nitrogens is 2. The van der Waals surface area contributed by atoms with Crippen LogP contribution >= 0.6 is 46.2 Å². The number of carbonyl (C=O) groups is 1. The van der Waals surface area contributed by atoms with Crippen LogP contribution in [0.15, 0.2) is 50.5 Å². The van der Waals surface area contributed by atoms with Crippen LogP contribution in [0.4, 0.5) is 4.39 Å². The summed E-state index contributed by atoms with van der Waals surface area (Å²) in [6, 6.07) is 9.86. The van der Waals surface area contributed by atoms with Crippen LogP contribution in [0.3, 0.4) is 0 Å². The summed E-state index contributed by atoms with van der Waals surface area (Å²) < 4.78 is 15.0. The van der Waals surface area contributed by atoms with Crippen molar-refractivity contribution in [3.8, 4) is 0 Å². The van der Waals surface area contributed by atoms with Crippen LogP contribution in [0, 0.1) is 5.82 Å². The Morgan fingerprint density at radius 1 is 1.18 bits per heavy atom. The second-order valence-corrected chi connectivity index (χ2v) is 10.4. The van der Waals surface area contributed by atoms with E-state index in [9.17, 15) is 9.18 Å². The molecule has 0 radical (unpaired) electrons. The van der Waals surface area contributed by atoms with Crippen LogP contribution < -0.4 is 5.32 Å². The predicted molar refractivity (Wildman–Crippen MR) is 117 cm³/mol. The number of hydrogen-bond acceptors (Lipinski definition) is 7. The van der Waals surface area contributed by atoms with E-state index in [0.29, 0.717) is 0 Å². The summed E-state index contributed by atoms with van der Waals surface area (Å²) in [5.74, 6) is 0.913. The van der Waals surface area contributed by atoms with E-state index in [1.165, 1.54) is 35.2 Å². The average molecular weight is 454 g/mol. The summed E-state index contributed by atoms with van der Waals surface area (Å²) in [5, 5.41) is 13.3. The second-order valence-electron chi connectivity index (χ2n) is 5.89. The molecule has 148 valence electrons. The average Bonchev–Trinajstić information content (AvgIpc) is 3.38. The van der Waals surface area contributed by atoms with Gasteiger partial charge in [-0.2, -0.15) is 0 Å². The molecule has 0 fully saturated rings. The lowest BCUT2D eigenvalue weighted by atomic mass is 10.1. The van der Waals surface area contributed by atoms with Gasteiger partial charge in [-0.05, 0) is 35.6 Å². The number of benzene rings is 1. The monoisotopic (exact) mass is 453 g/mol. The number of halogens is 1. The molecule has 28 heavy (non-hydrogen) atoms. The molecule has 3 aromatic rings. The summed E-state index contributed by atoms with van der Waals surface area (Å²) in [7, 11) is 0. The molecule has 0 bridgehead atoms. The van der Waals surface area contributed by atoms with Gasteiger partial charge in [0.25, 0.3) is 0 Å². The maximum Gasteiger partial charge on any atom is 0.231 e. The largest absolute Gasteiger partial charge is 0.344 e.